The SMILES string of the molecule is CCCOc1ccc(/C=C2/SC(=S)N(CN3CCN(c4ccc(C)cc4)CC3)C2=O)cc1. The van der Waals surface area contributed by atoms with Crippen LogP contribution in [0.5, 0.6) is 5.75 Å². The summed E-state index contributed by atoms with van der Waals surface area (Å²) in [4.78, 5) is 20.1. The van der Waals surface area contributed by atoms with Gasteiger partial charge in [-0.25, -0.2) is 0 Å². The number of ether oxygens (including phenoxy) is 1. The van der Waals surface area contributed by atoms with Gasteiger partial charge in [0.1, 0.15) is 10.1 Å². The van der Waals surface area contributed by atoms with Crippen molar-refractivity contribution in [1.29, 1.82) is 0 Å². The quantitative estimate of drug-likeness (QED) is 0.431. The Morgan fingerprint density at radius 3 is 2.38 bits per heavy atom. The van der Waals surface area contributed by atoms with Crippen LogP contribution in [0, 0.1) is 6.92 Å². The van der Waals surface area contributed by atoms with E-state index in [1.54, 1.807) is 4.90 Å². The van der Waals surface area contributed by atoms with Crippen LogP contribution in [-0.4, -0.2) is 59.5 Å². The van der Waals surface area contributed by atoms with Gasteiger partial charge in [-0.15, -0.1) is 0 Å². The van der Waals surface area contributed by atoms with E-state index in [0.29, 0.717) is 22.5 Å². The molecule has 0 bridgehead atoms. The second-order valence-corrected chi connectivity index (χ2v) is 9.79. The summed E-state index contributed by atoms with van der Waals surface area (Å²) in [5.74, 6) is 0.841. The number of aryl methyl sites for hydroxylation is 1. The third-order valence-corrected chi connectivity index (χ3v) is 7.01. The van der Waals surface area contributed by atoms with Crippen LogP contribution in [0.1, 0.15) is 24.5 Å². The normalized spacial score (nSPS) is 18.6. The highest BCUT2D eigenvalue weighted by molar-refractivity contribution is 8.26. The molecule has 2 saturated heterocycles. The molecule has 0 saturated carbocycles. The summed E-state index contributed by atoms with van der Waals surface area (Å²) in [6.45, 7) is 9.15. The van der Waals surface area contributed by atoms with Crippen molar-refractivity contribution < 1.29 is 9.53 Å². The van der Waals surface area contributed by atoms with E-state index >= 15 is 0 Å². The first kappa shape index (κ1) is 22.8. The summed E-state index contributed by atoms with van der Waals surface area (Å²) >= 11 is 6.91. The van der Waals surface area contributed by atoms with Crippen molar-refractivity contribution in [2.45, 2.75) is 20.3 Å². The van der Waals surface area contributed by atoms with Gasteiger partial charge in [-0.1, -0.05) is 60.7 Å². The Balaban J connectivity index is 1.33. The summed E-state index contributed by atoms with van der Waals surface area (Å²) in [6.07, 6.45) is 2.89. The molecule has 2 fully saturated rings. The van der Waals surface area contributed by atoms with E-state index in [9.17, 15) is 4.79 Å². The van der Waals surface area contributed by atoms with Crippen molar-refractivity contribution in [2.24, 2.45) is 0 Å². The van der Waals surface area contributed by atoms with Gasteiger partial charge in [0.15, 0.2) is 0 Å². The number of hydrogen-bond acceptors (Lipinski definition) is 6. The molecule has 168 valence electrons. The number of carbonyl (C=O) groups is 1. The van der Waals surface area contributed by atoms with Gasteiger partial charge in [0.05, 0.1) is 18.2 Å². The fourth-order valence-corrected chi connectivity index (χ4v) is 5.00. The van der Waals surface area contributed by atoms with Gasteiger partial charge in [-0.05, 0) is 49.2 Å². The van der Waals surface area contributed by atoms with Gasteiger partial charge in [-0.2, -0.15) is 0 Å². The standard InChI is InChI=1S/C25H29N3O2S2/c1-3-16-30-22-10-6-20(7-11-22)17-23-24(29)28(25(31)32-23)18-26-12-14-27(15-13-26)21-8-4-19(2)5-9-21/h4-11,17H,3,12-16,18H2,1-2H3/b23-17+. The average molecular weight is 468 g/mol. The lowest BCUT2D eigenvalue weighted by Crippen LogP contribution is -2.50. The van der Waals surface area contributed by atoms with Crippen LogP contribution in [0.3, 0.4) is 0 Å². The average Bonchev–Trinajstić information content (AvgIpc) is 3.07. The maximum absolute atomic E-state index is 13.0. The number of thioether (sulfide) groups is 1. The zero-order valence-electron chi connectivity index (χ0n) is 18.6. The monoisotopic (exact) mass is 467 g/mol. The zero-order chi connectivity index (χ0) is 22.5. The molecule has 0 spiro atoms. The smallest absolute Gasteiger partial charge is 0.267 e. The number of piperazine rings is 1. The van der Waals surface area contributed by atoms with Crippen molar-refractivity contribution in [3.63, 3.8) is 0 Å². The summed E-state index contributed by atoms with van der Waals surface area (Å²) < 4.78 is 6.26. The Kier molecular flexibility index (Phi) is 7.50. The van der Waals surface area contributed by atoms with Gasteiger partial charge in [0, 0.05) is 31.9 Å². The van der Waals surface area contributed by atoms with E-state index in [1.165, 1.54) is 23.0 Å². The van der Waals surface area contributed by atoms with E-state index in [0.717, 1.165) is 43.9 Å². The lowest BCUT2D eigenvalue weighted by molar-refractivity contribution is -0.123. The topological polar surface area (TPSA) is 36.0 Å². The number of nitrogens with zero attached hydrogens (tertiary/aromatic N) is 3. The molecule has 2 aliphatic heterocycles. The Labute approximate surface area is 200 Å². The molecule has 1 amide bonds. The van der Waals surface area contributed by atoms with E-state index in [1.807, 2.05) is 30.3 Å². The predicted octanol–water partition coefficient (Wildman–Crippen LogP) is 4.76. The largest absolute Gasteiger partial charge is 0.494 e. The van der Waals surface area contributed by atoms with Crippen LogP contribution in [-0.2, 0) is 4.79 Å². The van der Waals surface area contributed by atoms with E-state index < -0.39 is 0 Å². The number of amides is 1. The Morgan fingerprint density at radius 1 is 1.03 bits per heavy atom. The second-order valence-electron chi connectivity index (χ2n) is 8.11. The third-order valence-electron chi connectivity index (χ3n) is 5.64. The van der Waals surface area contributed by atoms with Gasteiger partial charge in [-0.3, -0.25) is 14.6 Å². The van der Waals surface area contributed by atoms with Crippen molar-refractivity contribution in [2.75, 3.05) is 44.4 Å². The number of thiocarbonyl (C=S) groups is 1. The second kappa shape index (κ2) is 10.5. The first-order chi connectivity index (χ1) is 15.5. The molecule has 0 aromatic heterocycles. The minimum atomic E-state index is -0.00715. The number of carbonyl (C=O) groups excluding carboxylic acids is 1. The molecule has 0 radical (unpaired) electrons. The summed E-state index contributed by atoms with van der Waals surface area (Å²) in [5.41, 5.74) is 3.51. The Morgan fingerprint density at radius 2 is 1.72 bits per heavy atom. The molecule has 2 aromatic carbocycles. The molecule has 4 rings (SSSR count). The van der Waals surface area contributed by atoms with Crippen molar-refractivity contribution in [3.05, 3.63) is 64.6 Å². The van der Waals surface area contributed by atoms with Crippen LogP contribution in [0.4, 0.5) is 5.69 Å². The van der Waals surface area contributed by atoms with Crippen LogP contribution in [0.15, 0.2) is 53.4 Å². The maximum atomic E-state index is 13.0. The van der Waals surface area contributed by atoms with Crippen LogP contribution < -0.4 is 9.64 Å². The van der Waals surface area contributed by atoms with Crippen LogP contribution >= 0.6 is 24.0 Å². The molecule has 0 atom stereocenters. The van der Waals surface area contributed by atoms with E-state index in [-0.39, 0.29) is 5.91 Å². The van der Waals surface area contributed by atoms with E-state index in [2.05, 4.69) is 47.9 Å². The van der Waals surface area contributed by atoms with Crippen molar-refractivity contribution in [1.82, 2.24) is 9.80 Å². The molecule has 7 heteroatoms. The molecule has 0 N–H and O–H groups in total. The lowest BCUT2D eigenvalue weighted by atomic mass is 10.2. The molecule has 0 unspecified atom stereocenters. The summed E-state index contributed by atoms with van der Waals surface area (Å²) in [6, 6.07) is 16.5. The first-order valence-corrected chi connectivity index (χ1v) is 12.3. The number of benzene rings is 2. The van der Waals surface area contributed by atoms with E-state index in [4.69, 9.17) is 17.0 Å². The van der Waals surface area contributed by atoms with Gasteiger partial charge in [0.2, 0.25) is 0 Å². The predicted molar refractivity (Wildman–Crippen MR) is 137 cm³/mol. The van der Waals surface area contributed by atoms with Gasteiger partial charge < -0.3 is 9.64 Å². The molecule has 32 heavy (non-hydrogen) atoms. The summed E-state index contributed by atoms with van der Waals surface area (Å²) in [7, 11) is 0. The molecule has 2 aliphatic rings. The Bertz CT molecular complexity index is 981. The minimum absolute atomic E-state index is 0.00715. The highest BCUT2D eigenvalue weighted by Crippen LogP contribution is 2.33. The van der Waals surface area contributed by atoms with Crippen LogP contribution in [0.25, 0.3) is 6.08 Å². The molecule has 2 heterocycles. The van der Waals surface area contributed by atoms with Crippen LogP contribution in [0.2, 0.25) is 0 Å². The molecular weight excluding hydrogens is 438 g/mol. The third kappa shape index (κ3) is 5.52. The number of rotatable bonds is 7. The molecule has 5 nitrogen and oxygen atoms in total. The molecule has 2 aromatic rings. The fraction of sp³-hybridized carbons (Fsp3) is 0.360. The summed E-state index contributed by atoms with van der Waals surface area (Å²) in [5, 5.41) is 0. The lowest BCUT2D eigenvalue weighted by Gasteiger charge is -2.37. The minimum Gasteiger partial charge on any atom is -0.494 e. The van der Waals surface area contributed by atoms with Gasteiger partial charge in [0.25, 0.3) is 5.91 Å². The maximum Gasteiger partial charge on any atom is 0.267 e. The Hall–Kier alpha value is -2.35. The first-order valence-electron chi connectivity index (χ1n) is 11.1. The molecular formula is C25H29N3O2S2. The van der Waals surface area contributed by atoms with Gasteiger partial charge >= 0.3 is 0 Å². The molecule has 0 aliphatic carbocycles. The highest BCUT2D eigenvalue weighted by atomic mass is 32.2. The zero-order valence-corrected chi connectivity index (χ0v) is 20.3. The van der Waals surface area contributed by atoms with Crippen molar-refractivity contribution >= 4 is 46.0 Å². The number of hydrogen-bond donors (Lipinski definition) is 0. The highest BCUT2D eigenvalue weighted by Gasteiger charge is 2.33. The fourth-order valence-electron chi connectivity index (χ4n) is 3.76. The number of anilines is 1. The van der Waals surface area contributed by atoms with Crippen molar-refractivity contribution in [3.8, 4) is 5.75 Å².